The summed E-state index contributed by atoms with van der Waals surface area (Å²) in [6.07, 6.45) is 2.62. The molecule has 0 aromatic carbocycles. The third kappa shape index (κ3) is 6.41. The Bertz CT molecular complexity index is 231. The normalized spacial score (nSPS) is 12.2. The Hall–Kier alpha value is -1.08. The first-order valence-electron chi connectivity index (χ1n) is 6.02. The van der Waals surface area contributed by atoms with Crippen molar-refractivity contribution >= 4 is 5.91 Å². The van der Waals surface area contributed by atoms with E-state index < -0.39 is 0 Å². The minimum atomic E-state index is -0.0342. The van der Waals surface area contributed by atoms with Crippen LogP contribution in [0.2, 0.25) is 0 Å². The van der Waals surface area contributed by atoms with Crippen molar-refractivity contribution < 1.29 is 4.79 Å². The highest BCUT2D eigenvalue weighted by atomic mass is 16.1. The van der Waals surface area contributed by atoms with E-state index in [9.17, 15) is 4.79 Å². The molecule has 4 heteroatoms. The summed E-state index contributed by atoms with van der Waals surface area (Å²) in [6.45, 7) is 7.22. The number of amides is 1. The second-order valence-electron chi connectivity index (χ2n) is 4.00. The Morgan fingerprint density at radius 1 is 1.38 bits per heavy atom. The van der Waals surface area contributed by atoms with Crippen molar-refractivity contribution in [3.05, 3.63) is 0 Å². The third-order valence-electron chi connectivity index (χ3n) is 2.90. The van der Waals surface area contributed by atoms with Crippen LogP contribution in [0.3, 0.4) is 0 Å². The summed E-state index contributed by atoms with van der Waals surface area (Å²) < 4.78 is 0. The average Bonchev–Trinajstić information content (AvgIpc) is 2.28. The molecule has 0 rings (SSSR count). The zero-order chi connectivity index (χ0) is 12.4. The fourth-order valence-electron chi connectivity index (χ4n) is 1.74. The molecule has 0 bridgehead atoms. The van der Waals surface area contributed by atoms with Crippen molar-refractivity contribution in [2.24, 2.45) is 5.92 Å². The lowest BCUT2D eigenvalue weighted by Gasteiger charge is -2.22. The van der Waals surface area contributed by atoms with Gasteiger partial charge in [0.05, 0.1) is 19.0 Å². The Morgan fingerprint density at radius 2 is 2.00 bits per heavy atom. The van der Waals surface area contributed by atoms with Gasteiger partial charge in [-0.2, -0.15) is 5.26 Å². The van der Waals surface area contributed by atoms with Gasteiger partial charge in [-0.3, -0.25) is 4.79 Å². The largest absolute Gasteiger partial charge is 0.354 e. The smallest absolute Gasteiger partial charge is 0.233 e. The van der Waals surface area contributed by atoms with Gasteiger partial charge in [0.2, 0.25) is 5.91 Å². The molecule has 92 valence electrons. The monoisotopic (exact) mass is 225 g/mol. The van der Waals surface area contributed by atoms with Crippen LogP contribution >= 0.6 is 0 Å². The predicted molar refractivity (Wildman–Crippen MR) is 64.8 cm³/mol. The van der Waals surface area contributed by atoms with E-state index >= 15 is 0 Å². The lowest BCUT2D eigenvalue weighted by Crippen LogP contribution is -2.41. The fourth-order valence-corrected chi connectivity index (χ4v) is 1.74. The number of hydrogen-bond donors (Lipinski definition) is 2. The summed E-state index contributed by atoms with van der Waals surface area (Å²) >= 11 is 0. The van der Waals surface area contributed by atoms with Gasteiger partial charge in [0.25, 0.3) is 0 Å². The highest BCUT2D eigenvalue weighted by Gasteiger charge is 2.13. The van der Waals surface area contributed by atoms with Crippen LogP contribution < -0.4 is 10.6 Å². The molecule has 1 atom stereocenters. The van der Waals surface area contributed by atoms with Gasteiger partial charge in [-0.15, -0.1) is 0 Å². The molecule has 0 aliphatic heterocycles. The van der Waals surface area contributed by atoms with E-state index in [1.165, 1.54) is 0 Å². The summed E-state index contributed by atoms with van der Waals surface area (Å²) in [7, 11) is 0. The van der Waals surface area contributed by atoms with Gasteiger partial charge in [-0.25, -0.2) is 0 Å². The van der Waals surface area contributed by atoms with Crippen LogP contribution in [0.5, 0.6) is 0 Å². The second-order valence-corrected chi connectivity index (χ2v) is 4.00. The second kappa shape index (κ2) is 9.17. The standard InChI is InChI=1S/C12H23N3O/c1-4-11(5-2)10(3)15-9-12(16)14-8-6-7-13/h10-11,15H,4-6,8-9H2,1-3H3,(H,14,16). The molecule has 4 nitrogen and oxygen atoms in total. The van der Waals surface area contributed by atoms with E-state index in [0.29, 0.717) is 31.5 Å². The van der Waals surface area contributed by atoms with Crippen LogP contribution in [0.25, 0.3) is 0 Å². The number of nitrogens with one attached hydrogen (secondary N) is 2. The Labute approximate surface area is 98.4 Å². The Morgan fingerprint density at radius 3 is 2.50 bits per heavy atom. The summed E-state index contributed by atoms with van der Waals surface area (Å²) in [6, 6.07) is 2.35. The predicted octanol–water partition coefficient (Wildman–Crippen LogP) is 1.43. The van der Waals surface area contributed by atoms with Crippen LogP contribution in [0.4, 0.5) is 0 Å². The molecule has 1 amide bonds. The summed E-state index contributed by atoms with van der Waals surface area (Å²) in [5.74, 6) is 0.583. The van der Waals surface area contributed by atoms with Crippen molar-refractivity contribution in [2.75, 3.05) is 13.1 Å². The maximum atomic E-state index is 11.3. The number of hydrogen-bond acceptors (Lipinski definition) is 3. The maximum Gasteiger partial charge on any atom is 0.233 e. The molecule has 0 aliphatic rings. The van der Waals surface area contributed by atoms with E-state index in [1.807, 2.05) is 6.07 Å². The molecule has 0 aromatic rings. The van der Waals surface area contributed by atoms with Gasteiger partial charge in [-0.05, 0) is 12.8 Å². The number of nitriles is 1. The highest BCUT2D eigenvalue weighted by Crippen LogP contribution is 2.11. The number of carbonyl (C=O) groups excluding carboxylic acids is 1. The van der Waals surface area contributed by atoms with Gasteiger partial charge < -0.3 is 10.6 Å². The summed E-state index contributed by atoms with van der Waals surface area (Å²) in [5.41, 5.74) is 0. The van der Waals surface area contributed by atoms with Crippen molar-refractivity contribution in [1.29, 1.82) is 5.26 Å². The average molecular weight is 225 g/mol. The van der Waals surface area contributed by atoms with Crippen LogP contribution in [0.15, 0.2) is 0 Å². The molecule has 0 radical (unpaired) electrons. The van der Waals surface area contributed by atoms with Crippen LogP contribution in [0.1, 0.15) is 40.0 Å². The molecule has 0 aromatic heterocycles. The fraction of sp³-hybridized carbons (Fsp3) is 0.833. The highest BCUT2D eigenvalue weighted by molar-refractivity contribution is 5.77. The number of carbonyl (C=O) groups is 1. The van der Waals surface area contributed by atoms with Crippen molar-refractivity contribution in [3.63, 3.8) is 0 Å². The molecule has 2 N–H and O–H groups in total. The van der Waals surface area contributed by atoms with E-state index in [-0.39, 0.29) is 5.91 Å². The molecule has 1 unspecified atom stereocenters. The Balaban J connectivity index is 3.70. The molecule has 0 spiro atoms. The molecule has 16 heavy (non-hydrogen) atoms. The van der Waals surface area contributed by atoms with Gasteiger partial charge in [0, 0.05) is 12.6 Å². The van der Waals surface area contributed by atoms with Crippen molar-refractivity contribution in [2.45, 2.75) is 46.1 Å². The first-order chi connectivity index (χ1) is 7.65. The van der Waals surface area contributed by atoms with E-state index in [1.54, 1.807) is 0 Å². The number of nitrogens with zero attached hydrogens (tertiary/aromatic N) is 1. The quantitative estimate of drug-likeness (QED) is 0.614. The van der Waals surface area contributed by atoms with Gasteiger partial charge >= 0.3 is 0 Å². The molecule has 0 fully saturated rings. The molecule has 0 saturated heterocycles. The molecular formula is C12H23N3O. The summed E-state index contributed by atoms with van der Waals surface area (Å²) in [5, 5.41) is 14.2. The van der Waals surface area contributed by atoms with Crippen LogP contribution in [-0.4, -0.2) is 25.0 Å². The van der Waals surface area contributed by atoms with E-state index in [2.05, 4.69) is 31.4 Å². The summed E-state index contributed by atoms with van der Waals surface area (Å²) in [4.78, 5) is 11.3. The Kier molecular flexibility index (Phi) is 8.55. The van der Waals surface area contributed by atoms with Gasteiger partial charge in [-0.1, -0.05) is 26.7 Å². The maximum absolute atomic E-state index is 11.3. The lowest BCUT2D eigenvalue weighted by atomic mass is 9.95. The molecule has 0 aliphatic carbocycles. The minimum absolute atomic E-state index is 0.0342. The van der Waals surface area contributed by atoms with Crippen LogP contribution in [0, 0.1) is 17.2 Å². The van der Waals surface area contributed by atoms with Gasteiger partial charge in [0.1, 0.15) is 0 Å². The van der Waals surface area contributed by atoms with Crippen molar-refractivity contribution in [1.82, 2.24) is 10.6 Å². The first kappa shape index (κ1) is 14.9. The van der Waals surface area contributed by atoms with Gasteiger partial charge in [0.15, 0.2) is 0 Å². The first-order valence-corrected chi connectivity index (χ1v) is 6.02. The lowest BCUT2D eigenvalue weighted by molar-refractivity contribution is -0.120. The third-order valence-corrected chi connectivity index (χ3v) is 2.90. The van der Waals surface area contributed by atoms with Crippen LogP contribution in [-0.2, 0) is 4.79 Å². The minimum Gasteiger partial charge on any atom is -0.354 e. The zero-order valence-corrected chi connectivity index (χ0v) is 10.5. The zero-order valence-electron chi connectivity index (χ0n) is 10.5. The SMILES string of the molecule is CCC(CC)C(C)NCC(=O)NCCC#N. The van der Waals surface area contributed by atoms with E-state index in [4.69, 9.17) is 5.26 Å². The van der Waals surface area contributed by atoms with Crippen molar-refractivity contribution in [3.8, 4) is 6.07 Å². The molecule has 0 saturated carbocycles. The number of rotatable bonds is 8. The topological polar surface area (TPSA) is 64.9 Å². The molecular weight excluding hydrogens is 202 g/mol. The van der Waals surface area contributed by atoms with E-state index in [0.717, 1.165) is 12.8 Å². The molecule has 0 heterocycles.